The maximum absolute atomic E-state index is 6.63. The van der Waals surface area contributed by atoms with Gasteiger partial charge in [0.1, 0.15) is 0 Å². The van der Waals surface area contributed by atoms with E-state index in [4.69, 9.17) is 24.7 Å². The second-order valence-corrected chi connectivity index (χ2v) is 37.7. The van der Waals surface area contributed by atoms with E-state index in [1.165, 1.54) is 0 Å². The summed E-state index contributed by atoms with van der Waals surface area (Å²) in [6.07, 6.45) is 0. The van der Waals surface area contributed by atoms with Crippen LogP contribution in [0.3, 0.4) is 0 Å². The van der Waals surface area contributed by atoms with Gasteiger partial charge in [0.2, 0.25) is 0 Å². The van der Waals surface area contributed by atoms with Crippen molar-refractivity contribution in [1.29, 1.82) is 0 Å². The van der Waals surface area contributed by atoms with E-state index in [2.05, 4.69) is 78.6 Å². The summed E-state index contributed by atoms with van der Waals surface area (Å²) in [5, 5.41) is 0. The van der Waals surface area contributed by atoms with E-state index in [0.717, 1.165) is 0 Å². The van der Waals surface area contributed by atoms with Crippen LogP contribution in [-0.4, -0.2) is 60.9 Å². The summed E-state index contributed by atoms with van der Waals surface area (Å²) < 4.78 is 38.6. The average molecular weight is 505 g/mol. The zero-order valence-corrected chi connectivity index (χ0v) is 27.6. The third kappa shape index (κ3) is 15.7. The molecule has 0 unspecified atom stereocenters. The van der Waals surface area contributed by atoms with E-state index < -0.39 is 60.9 Å². The van der Waals surface area contributed by atoms with Gasteiger partial charge in [0.15, 0.2) is 33.3 Å². The van der Waals surface area contributed by atoms with Crippen LogP contribution < -0.4 is 0 Å². The molecular formula is C14H44O6Si7. The van der Waals surface area contributed by atoms with Crippen molar-refractivity contribution in [2.75, 3.05) is 0 Å². The molecule has 0 aromatic heterocycles. The highest BCUT2D eigenvalue weighted by atomic mass is 28.5. The topological polar surface area (TPSA) is 55.4 Å². The zero-order chi connectivity index (χ0) is 21.9. The van der Waals surface area contributed by atoms with E-state index in [1.54, 1.807) is 0 Å². The fraction of sp³-hybridized carbons (Fsp3) is 1.00. The lowest BCUT2D eigenvalue weighted by Crippen LogP contribution is -2.66. The summed E-state index contributed by atoms with van der Waals surface area (Å²) in [6.45, 7) is 30.0. The van der Waals surface area contributed by atoms with Crippen LogP contribution in [0.15, 0.2) is 0 Å². The average Bonchev–Trinajstić information content (AvgIpc) is 2.15. The van der Waals surface area contributed by atoms with Crippen molar-refractivity contribution < 1.29 is 24.7 Å². The molecule has 0 bridgehead atoms. The predicted octanol–water partition coefficient (Wildman–Crippen LogP) is 4.56. The molecule has 13 heteroatoms. The molecule has 0 aromatic rings. The zero-order valence-electron chi connectivity index (χ0n) is 20.2. The SMILES string of the molecule is C[Si](C)(C)O[SiH2]O[Si](C)(C)O[Si](O[Si](C)(C)C)(O[Si](C)(C)C)O[Si](C)(C)C. The van der Waals surface area contributed by atoms with Crippen LogP contribution in [0, 0.1) is 0 Å². The third-order valence-electron chi connectivity index (χ3n) is 2.56. The molecule has 6 nitrogen and oxygen atoms in total. The van der Waals surface area contributed by atoms with Crippen molar-refractivity contribution in [3.8, 4) is 0 Å². The Bertz CT molecular complexity index is 422. The largest absolute Gasteiger partial charge is 0.638 e. The van der Waals surface area contributed by atoms with Gasteiger partial charge in [0.25, 0.3) is 10.0 Å². The van der Waals surface area contributed by atoms with Crippen LogP contribution in [-0.2, 0) is 24.7 Å². The molecule has 0 radical (unpaired) electrons. The molecule has 0 atom stereocenters. The summed E-state index contributed by atoms with van der Waals surface area (Å²) in [4.78, 5) is 0. The first-order chi connectivity index (χ1) is 11.5. The van der Waals surface area contributed by atoms with E-state index in [-0.39, 0.29) is 0 Å². The van der Waals surface area contributed by atoms with Crippen molar-refractivity contribution in [2.45, 2.75) is 91.7 Å². The first-order valence-corrected chi connectivity index (χ1v) is 28.9. The lowest BCUT2D eigenvalue weighted by Gasteiger charge is -2.44. The normalized spacial score (nSPS) is 15.8. The number of rotatable bonds is 12. The molecule has 0 saturated carbocycles. The molecule has 164 valence electrons. The van der Waals surface area contributed by atoms with Crippen LogP contribution in [0.2, 0.25) is 91.7 Å². The van der Waals surface area contributed by atoms with Gasteiger partial charge in [0.05, 0.1) is 0 Å². The molecule has 0 spiro atoms. The lowest BCUT2D eigenvalue weighted by atomic mass is 11.8. The highest BCUT2D eigenvalue weighted by molar-refractivity contribution is 6.91. The Morgan fingerprint density at radius 2 is 0.741 bits per heavy atom. The molecule has 0 rings (SSSR count). The minimum Gasteiger partial charge on any atom is -0.441 e. The van der Waals surface area contributed by atoms with Crippen molar-refractivity contribution in [3.63, 3.8) is 0 Å². The van der Waals surface area contributed by atoms with Crippen LogP contribution in [0.5, 0.6) is 0 Å². The van der Waals surface area contributed by atoms with Crippen molar-refractivity contribution in [2.24, 2.45) is 0 Å². The van der Waals surface area contributed by atoms with E-state index in [0.29, 0.717) is 0 Å². The Kier molecular flexibility index (Phi) is 10.1. The first-order valence-electron chi connectivity index (χ1n) is 9.62. The molecule has 0 aliphatic carbocycles. The van der Waals surface area contributed by atoms with Crippen molar-refractivity contribution in [3.05, 3.63) is 0 Å². The van der Waals surface area contributed by atoms with Crippen LogP contribution >= 0.6 is 0 Å². The number of hydrogen-bond acceptors (Lipinski definition) is 6. The van der Waals surface area contributed by atoms with Gasteiger partial charge in [-0.2, -0.15) is 0 Å². The van der Waals surface area contributed by atoms with Gasteiger partial charge in [0, 0.05) is 0 Å². The van der Waals surface area contributed by atoms with E-state index >= 15 is 0 Å². The fourth-order valence-electron chi connectivity index (χ4n) is 1.93. The molecule has 0 aliphatic heterocycles. The van der Waals surface area contributed by atoms with Gasteiger partial charge >= 0.3 is 17.6 Å². The predicted molar refractivity (Wildman–Crippen MR) is 132 cm³/mol. The minimum absolute atomic E-state index is 1.10. The Morgan fingerprint density at radius 3 is 1.00 bits per heavy atom. The van der Waals surface area contributed by atoms with Crippen molar-refractivity contribution in [1.82, 2.24) is 0 Å². The van der Waals surface area contributed by atoms with E-state index in [1.807, 2.05) is 13.1 Å². The summed E-state index contributed by atoms with van der Waals surface area (Å²) >= 11 is 0. The summed E-state index contributed by atoms with van der Waals surface area (Å²) in [5.41, 5.74) is 0. The summed E-state index contributed by atoms with van der Waals surface area (Å²) in [6, 6.07) is 0. The van der Waals surface area contributed by atoms with Gasteiger partial charge in [-0.1, -0.05) is 0 Å². The van der Waals surface area contributed by atoms with E-state index in [9.17, 15) is 0 Å². The quantitative estimate of drug-likeness (QED) is 0.363. The number of hydrogen-bond donors (Lipinski definition) is 0. The second kappa shape index (κ2) is 9.61. The molecule has 0 aromatic carbocycles. The standard InChI is InChI=1S/C14H44O6Si7/c1-22(2,3)15-21-16-26(13,14)20-27(17-23(4,5)6,18-24(7,8)9)19-25(10,11)12/h21H2,1-14H3. The van der Waals surface area contributed by atoms with Gasteiger partial charge in [-0.15, -0.1) is 0 Å². The Labute approximate surface area is 177 Å². The maximum atomic E-state index is 6.63. The fourth-order valence-corrected chi connectivity index (χ4v) is 20.7. The first kappa shape index (κ1) is 28.3. The van der Waals surface area contributed by atoms with Gasteiger partial charge < -0.3 is 24.7 Å². The Hall–Kier alpha value is 1.28. The van der Waals surface area contributed by atoms with Gasteiger partial charge in [-0.25, -0.2) is 0 Å². The Balaban J connectivity index is 5.69. The highest BCUT2D eigenvalue weighted by Crippen LogP contribution is 2.29. The molecule has 0 N–H and O–H groups in total. The maximum Gasteiger partial charge on any atom is 0.638 e. The third-order valence-corrected chi connectivity index (χ3v) is 23.1. The molecule has 0 heterocycles. The molecular weight excluding hydrogens is 461 g/mol. The van der Waals surface area contributed by atoms with Crippen LogP contribution in [0.1, 0.15) is 0 Å². The monoisotopic (exact) mass is 504 g/mol. The van der Waals surface area contributed by atoms with Gasteiger partial charge in [-0.05, 0) is 91.7 Å². The van der Waals surface area contributed by atoms with Crippen LogP contribution in [0.4, 0.5) is 0 Å². The molecule has 0 saturated heterocycles. The summed E-state index contributed by atoms with van der Waals surface area (Å²) in [7, 11) is -14.5. The van der Waals surface area contributed by atoms with Crippen LogP contribution in [0.25, 0.3) is 0 Å². The molecule has 0 fully saturated rings. The van der Waals surface area contributed by atoms with Crippen molar-refractivity contribution >= 4 is 60.9 Å². The lowest BCUT2D eigenvalue weighted by molar-refractivity contribution is 0.135. The minimum atomic E-state index is -3.33. The smallest absolute Gasteiger partial charge is 0.441 e. The summed E-state index contributed by atoms with van der Waals surface area (Å²) in [5.74, 6) is 0. The molecule has 0 aliphatic rings. The highest BCUT2D eigenvalue weighted by Gasteiger charge is 2.57. The second-order valence-electron chi connectivity index (χ2n) is 11.2. The Morgan fingerprint density at radius 1 is 0.407 bits per heavy atom. The molecule has 27 heavy (non-hydrogen) atoms. The molecule has 0 amide bonds. The van der Waals surface area contributed by atoms with Gasteiger partial charge in [-0.3, -0.25) is 0 Å².